The zero-order chi connectivity index (χ0) is 16.2. The summed E-state index contributed by atoms with van der Waals surface area (Å²) in [4.78, 5) is 25.3. The summed E-state index contributed by atoms with van der Waals surface area (Å²) in [7, 11) is -2.10. The van der Waals surface area contributed by atoms with E-state index in [2.05, 4.69) is 14.1 Å². The lowest BCUT2D eigenvalue weighted by atomic mass is 9.98. The van der Waals surface area contributed by atoms with Crippen molar-refractivity contribution in [3.05, 3.63) is 17.5 Å². The van der Waals surface area contributed by atoms with Crippen molar-refractivity contribution in [2.24, 2.45) is 7.05 Å². The van der Waals surface area contributed by atoms with Crippen LogP contribution in [-0.2, 0) is 31.3 Å². The van der Waals surface area contributed by atoms with Crippen LogP contribution < -0.4 is 0 Å². The van der Waals surface area contributed by atoms with Crippen molar-refractivity contribution in [1.82, 2.24) is 19.7 Å². The Hall–Kier alpha value is -2.18. The number of nitrogens with zero attached hydrogens (tertiary/aromatic N) is 4. The zero-order valence-corrected chi connectivity index (χ0v) is 12.3. The van der Waals surface area contributed by atoms with E-state index in [4.69, 9.17) is 4.55 Å². The molecule has 1 aromatic rings. The second-order valence-corrected chi connectivity index (χ2v) is 5.85. The number of fused-ring (bicyclic) bond motifs is 4. The SMILES string of the molecule is COC(=O)[C@@H]1c2nn(C)cc2[C@H]2CN1C(=O)N2OS(=O)(=O)O. The molecule has 12 heteroatoms. The highest BCUT2D eigenvalue weighted by atomic mass is 32.3. The van der Waals surface area contributed by atoms with Gasteiger partial charge in [-0.25, -0.2) is 9.59 Å². The number of hydroxylamine groups is 2. The maximum absolute atomic E-state index is 12.3. The van der Waals surface area contributed by atoms with Crippen LogP contribution >= 0.6 is 0 Å². The lowest BCUT2D eigenvalue weighted by Gasteiger charge is -2.27. The predicted molar refractivity (Wildman–Crippen MR) is 67.3 cm³/mol. The first-order valence-electron chi connectivity index (χ1n) is 6.11. The molecule has 0 aliphatic carbocycles. The number of rotatable bonds is 3. The van der Waals surface area contributed by atoms with E-state index in [0.29, 0.717) is 10.6 Å². The molecule has 1 saturated heterocycles. The molecule has 0 radical (unpaired) electrons. The van der Waals surface area contributed by atoms with Crippen LogP contribution in [0.25, 0.3) is 0 Å². The van der Waals surface area contributed by atoms with Crippen LogP contribution in [0.3, 0.4) is 0 Å². The minimum atomic E-state index is -4.88. The fourth-order valence-electron chi connectivity index (χ4n) is 2.72. The topological polar surface area (TPSA) is 131 Å². The van der Waals surface area contributed by atoms with Crippen LogP contribution in [0, 0.1) is 0 Å². The van der Waals surface area contributed by atoms with Gasteiger partial charge in [-0.2, -0.15) is 18.6 Å². The third kappa shape index (κ3) is 2.12. The fourth-order valence-corrected chi connectivity index (χ4v) is 3.09. The maximum atomic E-state index is 12.3. The Balaban J connectivity index is 2.09. The number of urea groups is 1. The molecule has 1 fully saturated rings. The maximum Gasteiger partial charge on any atom is 0.418 e. The van der Waals surface area contributed by atoms with Crippen molar-refractivity contribution in [3.63, 3.8) is 0 Å². The molecule has 1 aromatic heterocycles. The monoisotopic (exact) mass is 332 g/mol. The largest absolute Gasteiger partial charge is 0.467 e. The molecule has 22 heavy (non-hydrogen) atoms. The van der Waals surface area contributed by atoms with E-state index in [1.165, 1.54) is 11.8 Å². The number of methoxy groups -OCH3 is 1. The van der Waals surface area contributed by atoms with E-state index in [1.54, 1.807) is 13.2 Å². The normalized spacial score (nSPS) is 23.7. The number of amides is 2. The van der Waals surface area contributed by atoms with Crippen molar-refractivity contribution in [2.75, 3.05) is 13.7 Å². The summed E-state index contributed by atoms with van der Waals surface area (Å²) in [6.45, 7) is 0.00676. The number of aromatic nitrogens is 2. The van der Waals surface area contributed by atoms with E-state index in [9.17, 15) is 18.0 Å². The van der Waals surface area contributed by atoms with E-state index in [0.717, 1.165) is 4.90 Å². The summed E-state index contributed by atoms with van der Waals surface area (Å²) in [5.74, 6) is -0.708. The minimum absolute atomic E-state index is 0.00676. The standard InChI is InChI=1S/C10H12N4O7S/c1-12-3-5-6-4-13(8(7(5)11-12)9(15)20-2)10(16)14(6)21-22(17,18)19/h3,6,8H,4H2,1-2H3,(H,17,18,19)/t6-,8+/m1/s1. The Labute approximate surface area is 124 Å². The fraction of sp³-hybridized carbons (Fsp3) is 0.500. The quantitative estimate of drug-likeness (QED) is 0.560. The molecule has 11 nitrogen and oxygen atoms in total. The first-order valence-corrected chi connectivity index (χ1v) is 7.47. The van der Waals surface area contributed by atoms with E-state index in [-0.39, 0.29) is 12.2 Å². The second-order valence-electron chi connectivity index (χ2n) is 4.85. The summed E-state index contributed by atoms with van der Waals surface area (Å²) in [6, 6.07) is -2.78. The summed E-state index contributed by atoms with van der Waals surface area (Å²) in [5, 5.41) is 4.65. The number of carbonyl (C=O) groups is 2. The molecule has 0 aromatic carbocycles. The molecule has 2 aliphatic heterocycles. The molecular weight excluding hydrogens is 320 g/mol. The van der Waals surface area contributed by atoms with E-state index < -0.39 is 34.5 Å². The summed E-state index contributed by atoms with van der Waals surface area (Å²) in [6.07, 6.45) is 1.55. The molecule has 120 valence electrons. The Bertz CT molecular complexity index is 757. The molecule has 3 rings (SSSR count). The van der Waals surface area contributed by atoms with Crippen molar-refractivity contribution in [1.29, 1.82) is 0 Å². The summed E-state index contributed by atoms with van der Waals surface area (Å²) >= 11 is 0. The number of ether oxygens (including phenoxy) is 1. The molecule has 0 unspecified atom stereocenters. The zero-order valence-electron chi connectivity index (χ0n) is 11.5. The third-order valence-electron chi connectivity index (χ3n) is 3.50. The average Bonchev–Trinajstić information content (AvgIpc) is 2.92. The molecule has 2 aliphatic rings. The van der Waals surface area contributed by atoms with Gasteiger partial charge in [0.05, 0.1) is 13.7 Å². The third-order valence-corrected chi connectivity index (χ3v) is 3.85. The average molecular weight is 332 g/mol. The van der Waals surface area contributed by atoms with Crippen LogP contribution in [0.1, 0.15) is 23.3 Å². The van der Waals surface area contributed by atoms with Gasteiger partial charge >= 0.3 is 22.4 Å². The van der Waals surface area contributed by atoms with Gasteiger partial charge < -0.3 is 9.64 Å². The van der Waals surface area contributed by atoms with Crippen molar-refractivity contribution < 1.29 is 31.6 Å². The Morgan fingerprint density at radius 1 is 1.50 bits per heavy atom. The summed E-state index contributed by atoms with van der Waals surface area (Å²) < 4.78 is 41.1. The van der Waals surface area contributed by atoms with Crippen LogP contribution in [0.5, 0.6) is 0 Å². The second kappa shape index (κ2) is 4.66. The smallest absolute Gasteiger partial charge is 0.418 e. The van der Waals surface area contributed by atoms with Crippen molar-refractivity contribution >= 4 is 22.4 Å². The van der Waals surface area contributed by atoms with Gasteiger partial charge in [-0.3, -0.25) is 9.23 Å². The number of esters is 1. The lowest BCUT2D eigenvalue weighted by molar-refractivity contribution is -0.146. The van der Waals surface area contributed by atoms with Crippen LogP contribution in [-0.4, -0.2) is 58.4 Å². The van der Waals surface area contributed by atoms with Gasteiger partial charge in [0.15, 0.2) is 6.04 Å². The van der Waals surface area contributed by atoms with Crippen molar-refractivity contribution in [2.45, 2.75) is 12.1 Å². The molecule has 0 spiro atoms. The highest BCUT2D eigenvalue weighted by Crippen LogP contribution is 2.43. The predicted octanol–water partition coefficient (Wildman–Crippen LogP) is -0.839. The molecule has 2 bridgehead atoms. The molecule has 2 atom stereocenters. The van der Waals surface area contributed by atoms with Gasteiger partial charge in [-0.05, 0) is 0 Å². The Morgan fingerprint density at radius 3 is 2.77 bits per heavy atom. The Morgan fingerprint density at radius 2 is 2.18 bits per heavy atom. The van der Waals surface area contributed by atoms with Gasteiger partial charge in [-0.1, -0.05) is 0 Å². The first-order chi connectivity index (χ1) is 10.2. The number of carbonyl (C=O) groups excluding carboxylic acids is 2. The van der Waals surface area contributed by atoms with Crippen LogP contribution in [0.4, 0.5) is 4.79 Å². The Kier molecular flexibility index (Phi) is 3.12. The van der Waals surface area contributed by atoms with E-state index >= 15 is 0 Å². The lowest BCUT2D eigenvalue weighted by Crippen LogP contribution is -2.39. The molecule has 0 saturated carbocycles. The van der Waals surface area contributed by atoms with Gasteiger partial charge in [0.2, 0.25) is 0 Å². The van der Waals surface area contributed by atoms with Gasteiger partial charge in [0.1, 0.15) is 11.7 Å². The minimum Gasteiger partial charge on any atom is -0.467 e. The van der Waals surface area contributed by atoms with Gasteiger partial charge in [0, 0.05) is 18.8 Å². The highest BCUT2D eigenvalue weighted by molar-refractivity contribution is 7.80. The van der Waals surface area contributed by atoms with Crippen LogP contribution in [0.15, 0.2) is 6.20 Å². The number of aryl methyl sites for hydroxylation is 1. The molecule has 2 amide bonds. The highest BCUT2D eigenvalue weighted by Gasteiger charge is 2.54. The van der Waals surface area contributed by atoms with E-state index in [1.807, 2.05) is 0 Å². The van der Waals surface area contributed by atoms with Crippen LogP contribution in [0.2, 0.25) is 0 Å². The molecular formula is C10H12N4O7S. The van der Waals surface area contributed by atoms with Crippen molar-refractivity contribution in [3.8, 4) is 0 Å². The van der Waals surface area contributed by atoms with Gasteiger partial charge in [0.25, 0.3) is 0 Å². The number of hydrogen-bond donors (Lipinski definition) is 1. The molecule has 1 N–H and O–H groups in total. The first kappa shape index (κ1) is 14.7. The van der Waals surface area contributed by atoms with Gasteiger partial charge in [-0.15, -0.1) is 4.28 Å². The molecule has 3 heterocycles. The summed E-state index contributed by atoms with van der Waals surface area (Å²) in [5.41, 5.74) is 0.726. The number of hydrogen-bond acceptors (Lipinski definition) is 7.